The first-order chi connectivity index (χ1) is 8.70. The zero-order valence-electron chi connectivity index (χ0n) is 10.6. The Morgan fingerprint density at radius 2 is 2.17 bits per heavy atom. The molecule has 2 rings (SSSR count). The molecule has 98 valence electrons. The zero-order chi connectivity index (χ0) is 13.0. The van der Waals surface area contributed by atoms with Crippen molar-refractivity contribution in [2.45, 2.75) is 12.8 Å². The summed E-state index contributed by atoms with van der Waals surface area (Å²) in [5, 5.41) is 2.68. The van der Waals surface area contributed by atoms with Crippen LogP contribution in [0.25, 0.3) is 0 Å². The lowest BCUT2D eigenvalue weighted by Gasteiger charge is -2.30. The molecule has 1 aromatic heterocycles. The second kappa shape index (κ2) is 5.82. The van der Waals surface area contributed by atoms with Gasteiger partial charge in [0.1, 0.15) is 0 Å². The van der Waals surface area contributed by atoms with E-state index in [0.717, 1.165) is 25.9 Å². The van der Waals surface area contributed by atoms with Gasteiger partial charge in [-0.15, -0.1) is 0 Å². The SMILES string of the molecule is CNC(=O)C1CCN(CC(=O)c2ccc[nH]2)CC1. The fraction of sp³-hybridized carbons (Fsp3) is 0.538. The molecule has 2 heterocycles. The number of rotatable bonds is 4. The number of amides is 1. The minimum Gasteiger partial charge on any atom is -0.359 e. The molecule has 0 saturated carbocycles. The van der Waals surface area contributed by atoms with Crippen molar-refractivity contribution in [2.24, 2.45) is 5.92 Å². The molecular weight excluding hydrogens is 230 g/mol. The molecule has 1 fully saturated rings. The van der Waals surface area contributed by atoms with Gasteiger partial charge in [-0.25, -0.2) is 0 Å². The summed E-state index contributed by atoms with van der Waals surface area (Å²) in [6.07, 6.45) is 3.42. The minimum atomic E-state index is 0.104. The number of nitrogens with zero attached hydrogens (tertiary/aromatic N) is 1. The highest BCUT2D eigenvalue weighted by Crippen LogP contribution is 2.17. The van der Waals surface area contributed by atoms with Crippen molar-refractivity contribution in [3.8, 4) is 0 Å². The third kappa shape index (κ3) is 2.98. The highest BCUT2D eigenvalue weighted by atomic mass is 16.1. The van der Waals surface area contributed by atoms with E-state index in [4.69, 9.17) is 0 Å². The van der Waals surface area contributed by atoms with Crippen LogP contribution in [-0.4, -0.2) is 48.3 Å². The Morgan fingerprint density at radius 1 is 1.44 bits per heavy atom. The van der Waals surface area contributed by atoms with Crippen molar-refractivity contribution in [2.75, 3.05) is 26.7 Å². The Labute approximate surface area is 107 Å². The van der Waals surface area contributed by atoms with Gasteiger partial charge in [0.05, 0.1) is 12.2 Å². The number of nitrogens with one attached hydrogen (secondary N) is 2. The van der Waals surface area contributed by atoms with Crippen molar-refractivity contribution in [3.63, 3.8) is 0 Å². The number of Topliss-reactive ketones (excluding diaryl/α,β-unsaturated/α-hetero) is 1. The first-order valence-corrected chi connectivity index (χ1v) is 6.31. The van der Waals surface area contributed by atoms with E-state index in [1.165, 1.54) is 0 Å². The van der Waals surface area contributed by atoms with Crippen LogP contribution in [0, 0.1) is 5.92 Å². The summed E-state index contributed by atoms with van der Waals surface area (Å²) >= 11 is 0. The average molecular weight is 249 g/mol. The lowest BCUT2D eigenvalue weighted by atomic mass is 9.96. The Bertz CT molecular complexity index is 406. The summed E-state index contributed by atoms with van der Waals surface area (Å²) in [7, 11) is 1.67. The molecule has 0 unspecified atom stereocenters. The van der Waals surface area contributed by atoms with E-state index in [9.17, 15) is 9.59 Å². The summed E-state index contributed by atoms with van der Waals surface area (Å²) in [4.78, 5) is 28.4. The molecule has 1 aliphatic heterocycles. The standard InChI is InChI=1S/C13H19N3O2/c1-14-13(18)10-4-7-16(8-5-10)9-12(17)11-3-2-6-15-11/h2-3,6,10,15H,4-5,7-9H2,1H3,(H,14,18). The summed E-state index contributed by atoms with van der Waals surface area (Å²) in [6, 6.07) is 3.62. The van der Waals surface area contributed by atoms with Gasteiger partial charge in [-0.2, -0.15) is 0 Å². The zero-order valence-corrected chi connectivity index (χ0v) is 10.6. The topological polar surface area (TPSA) is 65.2 Å². The molecule has 1 aliphatic rings. The van der Waals surface area contributed by atoms with E-state index in [1.807, 2.05) is 6.07 Å². The molecule has 18 heavy (non-hydrogen) atoms. The van der Waals surface area contributed by atoms with Gasteiger partial charge in [0.25, 0.3) is 0 Å². The second-order valence-corrected chi connectivity index (χ2v) is 4.67. The molecule has 0 spiro atoms. The van der Waals surface area contributed by atoms with Crippen molar-refractivity contribution in [1.82, 2.24) is 15.2 Å². The smallest absolute Gasteiger partial charge is 0.222 e. The van der Waals surface area contributed by atoms with Gasteiger partial charge >= 0.3 is 0 Å². The number of carbonyl (C=O) groups is 2. The number of piperidine rings is 1. The van der Waals surface area contributed by atoms with E-state index in [0.29, 0.717) is 12.2 Å². The third-order valence-electron chi connectivity index (χ3n) is 3.47. The summed E-state index contributed by atoms with van der Waals surface area (Å²) < 4.78 is 0. The lowest BCUT2D eigenvalue weighted by Crippen LogP contribution is -2.41. The highest BCUT2D eigenvalue weighted by molar-refractivity contribution is 5.95. The van der Waals surface area contributed by atoms with Crippen LogP contribution in [0.3, 0.4) is 0 Å². The van der Waals surface area contributed by atoms with Crippen LogP contribution >= 0.6 is 0 Å². The van der Waals surface area contributed by atoms with Crippen molar-refractivity contribution in [1.29, 1.82) is 0 Å². The summed E-state index contributed by atoms with van der Waals surface area (Å²) in [6.45, 7) is 2.05. The largest absolute Gasteiger partial charge is 0.359 e. The maximum atomic E-state index is 11.9. The van der Waals surface area contributed by atoms with Gasteiger partial charge in [-0.05, 0) is 38.1 Å². The van der Waals surface area contributed by atoms with Crippen molar-refractivity contribution in [3.05, 3.63) is 24.0 Å². The second-order valence-electron chi connectivity index (χ2n) is 4.67. The van der Waals surface area contributed by atoms with Gasteiger partial charge in [0, 0.05) is 19.2 Å². The van der Waals surface area contributed by atoms with E-state index < -0.39 is 0 Å². The molecule has 0 atom stereocenters. The van der Waals surface area contributed by atoms with E-state index in [1.54, 1.807) is 19.3 Å². The molecule has 5 heteroatoms. The van der Waals surface area contributed by atoms with E-state index in [-0.39, 0.29) is 17.6 Å². The average Bonchev–Trinajstić information content (AvgIpc) is 2.92. The first kappa shape index (κ1) is 12.8. The quantitative estimate of drug-likeness (QED) is 0.770. The van der Waals surface area contributed by atoms with Crippen LogP contribution in [0.2, 0.25) is 0 Å². The van der Waals surface area contributed by atoms with Crippen LogP contribution in [0.4, 0.5) is 0 Å². The minimum absolute atomic E-state index is 0.104. The van der Waals surface area contributed by atoms with Gasteiger partial charge in [-0.3, -0.25) is 14.5 Å². The Morgan fingerprint density at radius 3 is 2.72 bits per heavy atom. The molecule has 0 radical (unpaired) electrons. The predicted octanol–water partition coefficient (Wildman–Crippen LogP) is 0.655. The van der Waals surface area contributed by atoms with Crippen LogP contribution in [0.15, 0.2) is 18.3 Å². The molecule has 2 N–H and O–H groups in total. The monoisotopic (exact) mass is 249 g/mol. The van der Waals surface area contributed by atoms with Crippen LogP contribution < -0.4 is 5.32 Å². The van der Waals surface area contributed by atoms with Gasteiger partial charge in [0.15, 0.2) is 5.78 Å². The van der Waals surface area contributed by atoms with Crippen LogP contribution in [0.5, 0.6) is 0 Å². The molecule has 0 aromatic carbocycles. The number of H-pyrrole nitrogens is 1. The number of carbonyl (C=O) groups excluding carboxylic acids is 2. The maximum absolute atomic E-state index is 11.9. The molecule has 5 nitrogen and oxygen atoms in total. The number of aromatic amines is 1. The first-order valence-electron chi connectivity index (χ1n) is 6.31. The summed E-state index contributed by atoms with van der Waals surface area (Å²) in [5.41, 5.74) is 0.656. The Kier molecular flexibility index (Phi) is 4.15. The van der Waals surface area contributed by atoms with E-state index in [2.05, 4.69) is 15.2 Å². The molecule has 1 saturated heterocycles. The summed E-state index contributed by atoms with van der Waals surface area (Å²) in [5.74, 6) is 0.329. The number of likely N-dealkylation sites (tertiary alicyclic amines) is 1. The molecule has 0 aliphatic carbocycles. The fourth-order valence-electron chi connectivity index (χ4n) is 2.35. The predicted molar refractivity (Wildman–Crippen MR) is 68.4 cm³/mol. The van der Waals surface area contributed by atoms with Crippen molar-refractivity contribution < 1.29 is 9.59 Å². The van der Waals surface area contributed by atoms with Crippen LogP contribution in [-0.2, 0) is 4.79 Å². The van der Waals surface area contributed by atoms with E-state index >= 15 is 0 Å². The number of aromatic nitrogens is 1. The van der Waals surface area contributed by atoms with Crippen molar-refractivity contribution >= 4 is 11.7 Å². The lowest BCUT2D eigenvalue weighted by molar-refractivity contribution is -0.125. The number of hydrogen-bond donors (Lipinski definition) is 2. The van der Waals surface area contributed by atoms with Gasteiger partial charge in [0.2, 0.25) is 5.91 Å². The number of hydrogen-bond acceptors (Lipinski definition) is 3. The normalized spacial score (nSPS) is 17.6. The van der Waals surface area contributed by atoms with Gasteiger partial charge in [-0.1, -0.05) is 0 Å². The van der Waals surface area contributed by atoms with Crippen LogP contribution in [0.1, 0.15) is 23.3 Å². The molecular formula is C13H19N3O2. The molecule has 1 amide bonds. The maximum Gasteiger partial charge on any atom is 0.222 e. The fourth-order valence-corrected chi connectivity index (χ4v) is 2.35. The number of ketones is 1. The molecule has 0 bridgehead atoms. The highest BCUT2D eigenvalue weighted by Gasteiger charge is 2.25. The Balaban J connectivity index is 1.80. The molecule has 1 aromatic rings. The third-order valence-corrected chi connectivity index (χ3v) is 3.47. The van der Waals surface area contributed by atoms with Gasteiger partial charge < -0.3 is 10.3 Å². The Hall–Kier alpha value is -1.62.